The number of nitrogens with one attached hydrogen (secondary N) is 2. The number of rotatable bonds is 7. The molecule has 0 radical (unpaired) electrons. The van der Waals surface area contributed by atoms with E-state index in [0.29, 0.717) is 18.8 Å². The summed E-state index contributed by atoms with van der Waals surface area (Å²) in [4.78, 5) is 23.2. The van der Waals surface area contributed by atoms with Crippen LogP contribution in [0, 0.1) is 0 Å². The zero-order valence-corrected chi connectivity index (χ0v) is 11.4. The van der Waals surface area contributed by atoms with Gasteiger partial charge in [-0.3, -0.25) is 4.79 Å². The summed E-state index contributed by atoms with van der Waals surface area (Å²) in [5.41, 5.74) is 5.93. The molecule has 4 N–H and O–H groups in total. The molecule has 0 aliphatic heterocycles. The molecule has 0 aliphatic rings. The van der Waals surface area contributed by atoms with Crippen molar-refractivity contribution < 1.29 is 4.79 Å². The van der Waals surface area contributed by atoms with Crippen LogP contribution in [0.5, 0.6) is 0 Å². The van der Waals surface area contributed by atoms with E-state index in [0.717, 1.165) is 30.1 Å². The first-order chi connectivity index (χ1) is 9.29. The summed E-state index contributed by atoms with van der Waals surface area (Å²) < 4.78 is 0. The monoisotopic (exact) mass is 279 g/mol. The second-order valence-electron chi connectivity index (χ2n) is 4.06. The quantitative estimate of drug-likeness (QED) is 0.651. The van der Waals surface area contributed by atoms with Crippen LogP contribution < -0.4 is 11.1 Å². The molecule has 0 aliphatic carbocycles. The Hall–Kier alpha value is -1.73. The standard InChI is InChI=1S/C12H17N5OS/c13-4-3-11-17-9(8-19-11)12(18)16-5-1-2-10-14-6-7-15-10/h6-8H,1-5,13H2,(H,14,15)(H,16,18). The summed E-state index contributed by atoms with van der Waals surface area (Å²) in [6, 6.07) is 0. The molecule has 0 saturated heterocycles. The summed E-state index contributed by atoms with van der Waals surface area (Å²) >= 11 is 1.47. The maximum atomic E-state index is 11.8. The van der Waals surface area contributed by atoms with E-state index < -0.39 is 0 Å². The molecule has 102 valence electrons. The van der Waals surface area contributed by atoms with Gasteiger partial charge in [-0.1, -0.05) is 0 Å². The number of aromatic amines is 1. The van der Waals surface area contributed by atoms with Gasteiger partial charge >= 0.3 is 0 Å². The van der Waals surface area contributed by atoms with Crippen LogP contribution in [0.25, 0.3) is 0 Å². The number of nitrogens with zero attached hydrogens (tertiary/aromatic N) is 2. The van der Waals surface area contributed by atoms with Gasteiger partial charge in [-0.25, -0.2) is 9.97 Å². The number of carbonyl (C=O) groups excluding carboxylic acids is 1. The Balaban J connectivity index is 1.71. The highest BCUT2D eigenvalue weighted by Crippen LogP contribution is 2.09. The number of hydrogen-bond donors (Lipinski definition) is 3. The fourth-order valence-corrected chi connectivity index (χ4v) is 2.43. The molecule has 2 heterocycles. The number of H-pyrrole nitrogens is 1. The molecule has 0 saturated carbocycles. The number of carbonyl (C=O) groups is 1. The fourth-order valence-electron chi connectivity index (χ4n) is 1.64. The van der Waals surface area contributed by atoms with Crippen molar-refractivity contribution in [2.75, 3.05) is 13.1 Å². The number of nitrogens with two attached hydrogens (primary N) is 1. The Labute approximate surface area is 115 Å². The number of thiazole rings is 1. The van der Waals surface area contributed by atoms with Crippen molar-refractivity contribution in [1.82, 2.24) is 20.3 Å². The van der Waals surface area contributed by atoms with E-state index >= 15 is 0 Å². The van der Waals surface area contributed by atoms with Gasteiger partial charge in [-0.15, -0.1) is 11.3 Å². The first-order valence-electron chi connectivity index (χ1n) is 6.20. The lowest BCUT2D eigenvalue weighted by Crippen LogP contribution is -2.25. The lowest BCUT2D eigenvalue weighted by Gasteiger charge is -2.01. The predicted octanol–water partition coefficient (Wildman–Crippen LogP) is 0.730. The zero-order valence-electron chi connectivity index (χ0n) is 10.6. The molecule has 0 unspecified atom stereocenters. The first-order valence-corrected chi connectivity index (χ1v) is 7.08. The van der Waals surface area contributed by atoms with E-state index in [-0.39, 0.29) is 5.91 Å². The Morgan fingerprint density at radius 1 is 1.47 bits per heavy atom. The van der Waals surface area contributed by atoms with Crippen LogP contribution in [0.4, 0.5) is 0 Å². The van der Waals surface area contributed by atoms with Crippen molar-refractivity contribution >= 4 is 17.2 Å². The van der Waals surface area contributed by atoms with E-state index in [1.165, 1.54) is 11.3 Å². The number of amides is 1. The maximum absolute atomic E-state index is 11.8. The Morgan fingerprint density at radius 3 is 3.11 bits per heavy atom. The van der Waals surface area contributed by atoms with Gasteiger partial charge in [0.1, 0.15) is 11.5 Å². The molecule has 1 amide bonds. The molecule has 19 heavy (non-hydrogen) atoms. The molecule has 0 spiro atoms. The van der Waals surface area contributed by atoms with Crippen LogP contribution in [-0.4, -0.2) is 33.9 Å². The first kappa shape index (κ1) is 13.7. The van der Waals surface area contributed by atoms with Gasteiger partial charge in [0.2, 0.25) is 0 Å². The molecular weight excluding hydrogens is 262 g/mol. The Bertz CT molecular complexity index is 508. The molecule has 0 aromatic carbocycles. The molecule has 2 aromatic heterocycles. The van der Waals surface area contributed by atoms with Crippen LogP contribution in [0.1, 0.15) is 27.7 Å². The minimum absolute atomic E-state index is 0.126. The smallest absolute Gasteiger partial charge is 0.270 e. The number of hydrogen-bond acceptors (Lipinski definition) is 5. The van der Waals surface area contributed by atoms with E-state index in [1.807, 2.05) is 0 Å². The SMILES string of the molecule is NCCc1nc(C(=O)NCCCc2ncc[nH]2)cs1. The van der Waals surface area contributed by atoms with Crippen molar-refractivity contribution in [1.29, 1.82) is 0 Å². The van der Waals surface area contributed by atoms with Gasteiger partial charge in [0.25, 0.3) is 5.91 Å². The Morgan fingerprint density at radius 2 is 2.37 bits per heavy atom. The van der Waals surface area contributed by atoms with Crippen molar-refractivity contribution in [3.05, 3.63) is 34.3 Å². The van der Waals surface area contributed by atoms with Crippen LogP contribution in [-0.2, 0) is 12.8 Å². The fraction of sp³-hybridized carbons (Fsp3) is 0.417. The Kier molecular flexibility index (Phi) is 5.05. The van der Waals surface area contributed by atoms with E-state index in [2.05, 4.69) is 20.3 Å². The molecular formula is C12H17N5OS. The lowest BCUT2D eigenvalue weighted by atomic mass is 10.3. The zero-order chi connectivity index (χ0) is 13.5. The lowest BCUT2D eigenvalue weighted by molar-refractivity contribution is 0.0948. The van der Waals surface area contributed by atoms with E-state index in [9.17, 15) is 4.79 Å². The van der Waals surface area contributed by atoms with Gasteiger partial charge in [0.05, 0.1) is 5.01 Å². The molecule has 6 nitrogen and oxygen atoms in total. The van der Waals surface area contributed by atoms with Crippen LogP contribution in [0.2, 0.25) is 0 Å². The summed E-state index contributed by atoms with van der Waals surface area (Å²) in [7, 11) is 0. The second kappa shape index (κ2) is 7.01. The van der Waals surface area contributed by atoms with Crippen molar-refractivity contribution in [3.8, 4) is 0 Å². The third-order valence-corrected chi connectivity index (χ3v) is 3.48. The average molecular weight is 279 g/mol. The topological polar surface area (TPSA) is 96.7 Å². The third kappa shape index (κ3) is 4.15. The third-order valence-electron chi connectivity index (χ3n) is 2.57. The van der Waals surface area contributed by atoms with Crippen LogP contribution in [0.15, 0.2) is 17.8 Å². The van der Waals surface area contributed by atoms with Crippen LogP contribution in [0.3, 0.4) is 0 Å². The molecule has 2 aromatic rings. The van der Waals surface area contributed by atoms with Gasteiger partial charge in [-0.05, 0) is 13.0 Å². The van der Waals surface area contributed by atoms with Gasteiger partial charge in [0, 0.05) is 37.2 Å². The molecule has 2 rings (SSSR count). The molecule has 7 heteroatoms. The summed E-state index contributed by atoms with van der Waals surface area (Å²) in [6.07, 6.45) is 5.91. The highest BCUT2D eigenvalue weighted by Gasteiger charge is 2.09. The van der Waals surface area contributed by atoms with Crippen molar-refractivity contribution in [2.24, 2.45) is 5.73 Å². The highest BCUT2D eigenvalue weighted by molar-refractivity contribution is 7.09. The average Bonchev–Trinajstić information content (AvgIpc) is 3.06. The second-order valence-corrected chi connectivity index (χ2v) is 5.00. The predicted molar refractivity (Wildman–Crippen MR) is 74.1 cm³/mol. The summed E-state index contributed by atoms with van der Waals surface area (Å²) in [5, 5.41) is 5.53. The summed E-state index contributed by atoms with van der Waals surface area (Å²) in [6.45, 7) is 1.17. The minimum atomic E-state index is -0.126. The minimum Gasteiger partial charge on any atom is -0.351 e. The number of aryl methyl sites for hydroxylation is 1. The molecule has 0 atom stereocenters. The molecule has 0 bridgehead atoms. The van der Waals surface area contributed by atoms with E-state index in [4.69, 9.17) is 5.73 Å². The van der Waals surface area contributed by atoms with Crippen molar-refractivity contribution in [2.45, 2.75) is 19.3 Å². The van der Waals surface area contributed by atoms with Gasteiger partial charge in [-0.2, -0.15) is 0 Å². The number of aromatic nitrogens is 3. The van der Waals surface area contributed by atoms with Gasteiger partial charge < -0.3 is 16.0 Å². The van der Waals surface area contributed by atoms with Crippen LogP contribution >= 0.6 is 11.3 Å². The maximum Gasteiger partial charge on any atom is 0.270 e. The normalized spacial score (nSPS) is 10.6. The molecule has 0 fully saturated rings. The van der Waals surface area contributed by atoms with E-state index in [1.54, 1.807) is 17.8 Å². The van der Waals surface area contributed by atoms with Gasteiger partial charge in [0.15, 0.2) is 0 Å². The number of imidazole rings is 1. The largest absolute Gasteiger partial charge is 0.351 e. The summed E-state index contributed by atoms with van der Waals surface area (Å²) in [5.74, 6) is 0.812. The van der Waals surface area contributed by atoms with Crippen molar-refractivity contribution in [3.63, 3.8) is 0 Å². The highest BCUT2D eigenvalue weighted by atomic mass is 32.1.